The van der Waals surface area contributed by atoms with Gasteiger partial charge in [-0.15, -0.1) is 0 Å². The fraction of sp³-hybridized carbons (Fsp3) is 0.467. The van der Waals surface area contributed by atoms with Crippen LogP contribution in [0.5, 0.6) is 51.7 Å². The van der Waals surface area contributed by atoms with Crippen LogP contribution in [0.2, 0.25) is 0 Å². The second kappa shape index (κ2) is 35.7. The summed E-state index contributed by atoms with van der Waals surface area (Å²) in [6, 6.07) is 31.5. The van der Waals surface area contributed by atoms with E-state index in [0.717, 1.165) is 30.4 Å². The Balaban J connectivity index is 0.965. The molecule has 2 amide bonds. The zero-order valence-electron chi connectivity index (χ0n) is 56.4. The van der Waals surface area contributed by atoms with Gasteiger partial charge in [0.2, 0.25) is 17.6 Å². The fourth-order valence-electron chi connectivity index (χ4n) is 12.9. The van der Waals surface area contributed by atoms with Crippen LogP contribution in [0.4, 0.5) is 0 Å². The van der Waals surface area contributed by atoms with Gasteiger partial charge in [0.25, 0.3) is 0 Å². The van der Waals surface area contributed by atoms with Crippen LogP contribution in [0, 0.1) is 0 Å². The molecular formula is C75H94N2O18. The van der Waals surface area contributed by atoms with Gasteiger partial charge in [-0.1, -0.05) is 62.4 Å². The summed E-state index contributed by atoms with van der Waals surface area (Å²) in [5.41, 5.74) is 6.25. The van der Waals surface area contributed by atoms with Gasteiger partial charge in [-0.05, 0) is 182 Å². The van der Waals surface area contributed by atoms with Crippen molar-refractivity contribution >= 4 is 23.8 Å². The summed E-state index contributed by atoms with van der Waals surface area (Å²) in [7, 11) is 10.8. The van der Waals surface area contributed by atoms with E-state index >= 15 is 0 Å². The van der Waals surface area contributed by atoms with Crippen LogP contribution in [-0.2, 0) is 61.3 Å². The zero-order valence-corrected chi connectivity index (χ0v) is 56.4. The SMILES string of the molecule is CCC(C(=O)N1CCCCC1C(=O)OC(CCc1ccc(CO)c(CO)c1)c1cccc(OCCCOc2cccc(C(CCc3ccc(OC)c(OC)c3)OC(=O)C3CCCCN3C(=O)C(CC)c3cc(OC)c(OC)c(OC)c3)c2)c1)c1cc(CO)c(OC)c(OC)c1. The van der Waals surface area contributed by atoms with Crippen LogP contribution in [0.1, 0.15) is 159 Å². The van der Waals surface area contributed by atoms with Gasteiger partial charge in [-0.3, -0.25) is 9.59 Å². The average Bonchev–Trinajstić information content (AvgIpc) is 0.833. The number of hydrogen-bond donors (Lipinski definition) is 3. The standard InChI is InChI=1S/C75H94N2O18/c1-10-59(53-39-56(47-80)70(90-8)67(42-53)87-5)72(81)76-33-14-12-23-61(76)74(83)94-63(30-26-48-25-29-52(45-78)55(37-48)46-79)50-19-16-21-57(40-50)92-35-18-36-93-58-22-17-20-51(41-58)64(31-27-49-28-32-65(85-3)66(38-49)86-4)95-75(84)62-24-13-15-34-77(62)73(82)60(11-2)54-43-68(88-6)71(91-9)69(44-54)89-7/h16-17,19-22,25,28-29,32,37-44,59-64,78-80H,10-15,18,23-24,26-27,30-31,33-36,45-47H2,1-9H3. The monoisotopic (exact) mass is 1310 g/mol. The number of benzene rings is 6. The minimum absolute atomic E-state index is 0.189. The van der Waals surface area contributed by atoms with Crippen molar-refractivity contribution in [3.63, 3.8) is 0 Å². The summed E-state index contributed by atoms with van der Waals surface area (Å²) in [4.78, 5) is 62.1. The number of hydrogen-bond acceptors (Lipinski definition) is 18. The molecule has 20 nitrogen and oxygen atoms in total. The molecule has 512 valence electrons. The molecule has 6 unspecified atom stereocenters. The van der Waals surface area contributed by atoms with Crippen molar-refractivity contribution in [2.75, 3.05) is 76.1 Å². The van der Waals surface area contributed by atoms with Crippen molar-refractivity contribution in [3.05, 3.63) is 159 Å². The maximum atomic E-state index is 14.7. The Hall–Kier alpha value is -8.72. The number of aryl methyl sites for hydroxylation is 2. The molecule has 2 fully saturated rings. The second-order valence-corrected chi connectivity index (χ2v) is 23.8. The van der Waals surface area contributed by atoms with E-state index in [4.69, 9.17) is 52.1 Å². The molecule has 2 heterocycles. The first-order valence-electron chi connectivity index (χ1n) is 32.9. The molecule has 6 aromatic rings. The van der Waals surface area contributed by atoms with Crippen molar-refractivity contribution in [3.8, 4) is 51.7 Å². The average molecular weight is 1310 g/mol. The van der Waals surface area contributed by atoms with Crippen LogP contribution in [0.3, 0.4) is 0 Å². The first-order chi connectivity index (χ1) is 46.2. The maximum Gasteiger partial charge on any atom is 0.329 e. The lowest BCUT2D eigenvalue weighted by atomic mass is 9.90. The van der Waals surface area contributed by atoms with Gasteiger partial charge in [0.1, 0.15) is 35.8 Å². The first kappa shape index (κ1) is 72.1. The summed E-state index contributed by atoms with van der Waals surface area (Å²) >= 11 is 0. The molecule has 2 aliphatic heterocycles. The van der Waals surface area contributed by atoms with Gasteiger partial charge >= 0.3 is 11.9 Å². The molecule has 8 rings (SSSR count). The molecule has 6 aromatic carbocycles. The highest BCUT2D eigenvalue weighted by atomic mass is 16.6. The number of methoxy groups -OCH3 is 7. The highest BCUT2D eigenvalue weighted by molar-refractivity contribution is 5.90. The normalized spacial score (nSPS) is 15.9. The summed E-state index contributed by atoms with van der Waals surface area (Å²) in [6.45, 7) is 4.35. The molecule has 0 bridgehead atoms. The molecule has 0 aromatic heterocycles. The molecule has 0 spiro atoms. The molecule has 3 N–H and O–H groups in total. The summed E-state index contributed by atoms with van der Waals surface area (Å²) < 4.78 is 64.9. The minimum atomic E-state index is -0.854. The van der Waals surface area contributed by atoms with E-state index in [1.165, 1.54) is 35.5 Å². The number of piperidine rings is 2. The molecular weight excluding hydrogens is 1220 g/mol. The Kier molecular flexibility index (Phi) is 27.1. The fourth-order valence-corrected chi connectivity index (χ4v) is 12.9. The van der Waals surface area contributed by atoms with Crippen LogP contribution >= 0.6 is 0 Å². The lowest BCUT2D eigenvalue weighted by Gasteiger charge is -2.37. The molecule has 0 saturated carbocycles. The van der Waals surface area contributed by atoms with E-state index in [9.17, 15) is 34.5 Å². The van der Waals surface area contributed by atoms with E-state index in [2.05, 4.69) is 0 Å². The Morgan fingerprint density at radius 3 is 1.36 bits per heavy atom. The number of esters is 2. The van der Waals surface area contributed by atoms with Gasteiger partial charge in [-0.25, -0.2) is 9.59 Å². The summed E-state index contributed by atoms with van der Waals surface area (Å²) in [6.07, 6.45) is 5.36. The van der Waals surface area contributed by atoms with Crippen LogP contribution in [0.15, 0.2) is 109 Å². The van der Waals surface area contributed by atoms with Gasteiger partial charge in [0, 0.05) is 25.1 Å². The van der Waals surface area contributed by atoms with E-state index in [-0.39, 0.29) is 44.8 Å². The topological polar surface area (TPSA) is 237 Å². The quantitative estimate of drug-likeness (QED) is 0.0251. The predicted octanol–water partition coefficient (Wildman–Crippen LogP) is 11.7. The number of aliphatic hydroxyl groups excluding tert-OH is 3. The van der Waals surface area contributed by atoms with E-state index in [1.807, 2.05) is 92.7 Å². The van der Waals surface area contributed by atoms with E-state index in [0.29, 0.717) is 168 Å². The third kappa shape index (κ3) is 18.0. The number of likely N-dealkylation sites (tertiary alicyclic amines) is 2. The summed E-state index contributed by atoms with van der Waals surface area (Å²) in [5, 5.41) is 30.3. The number of carbonyl (C=O) groups excluding carboxylic acids is 4. The van der Waals surface area contributed by atoms with Gasteiger partial charge in [-0.2, -0.15) is 0 Å². The van der Waals surface area contributed by atoms with Gasteiger partial charge in [0.15, 0.2) is 34.5 Å². The molecule has 6 atom stereocenters. The Bertz CT molecular complexity index is 3240. The van der Waals surface area contributed by atoms with Crippen LogP contribution in [-0.4, -0.2) is 137 Å². The Labute approximate surface area is 558 Å². The van der Waals surface area contributed by atoms with Crippen molar-refractivity contribution < 1.29 is 86.6 Å². The van der Waals surface area contributed by atoms with Crippen molar-refractivity contribution in [1.82, 2.24) is 9.80 Å². The van der Waals surface area contributed by atoms with Crippen molar-refractivity contribution in [2.24, 2.45) is 0 Å². The van der Waals surface area contributed by atoms with Crippen molar-refractivity contribution in [2.45, 2.75) is 153 Å². The highest BCUT2D eigenvalue weighted by Gasteiger charge is 2.40. The molecule has 95 heavy (non-hydrogen) atoms. The smallest absolute Gasteiger partial charge is 0.329 e. The molecule has 2 saturated heterocycles. The molecule has 20 heteroatoms. The Morgan fingerprint density at radius 1 is 0.453 bits per heavy atom. The number of carbonyl (C=O) groups is 4. The van der Waals surface area contributed by atoms with Crippen molar-refractivity contribution in [1.29, 1.82) is 0 Å². The lowest BCUT2D eigenvalue weighted by molar-refractivity contribution is -0.162. The number of ether oxygens (including phenoxy) is 11. The number of rotatable bonds is 34. The van der Waals surface area contributed by atoms with E-state index < -0.39 is 48.1 Å². The zero-order chi connectivity index (χ0) is 68.0. The third-order valence-electron chi connectivity index (χ3n) is 18.0. The maximum absolute atomic E-state index is 14.7. The number of nitrogens with zero attached hydrogens (tertiary/aromatic N) is 2. The molecule has 0 aliphatic carbocycles. The van der Waals surface area contributed by atoms with Crippen LogP contribution < -0.4 is 42.6 Å². The lowest BCUT2D eigenvalue weighted by Crippen LogP contribution is -2.50. The van der Waals surface area contributed by atoms with Gasteiger partial charge < -0.3 is 77.2 Å². The second-order valence-electron chi connectivity index (χ2n) is 23.8. The number of aliphatic hydroxyl groups is 3. The Morgan fingerprint density at radius 2 is 0.905 bits per heavy atom. The largest absolute Gasteiger partial charge is 0.493 e. The molecule has 2 aliphatic rings. The highest BCUT2D eigenvalue weighted by Crippen LogP contribution is 2.43. The third-order valence-corrected chi connectivity index (χ3v) is 18.0. The number of amides is 2. The predicted molar refractivity (Wildman–Crippen MR) is 357 cm³/mol. The van der Waals surface area contributed by atoms with E-state index in [1.54, 1.807) is 54.4 Å². The summed E-state index contributed by atoms with van der Waals surface area (Å²) in [5.74, 6) is 1.64. The van der Waals surface area contributed by atoms with Gasteiger partial charge in [0.05, 0.1) is 94.6 Å². The minimum Gasteiger partial charge on any atom is -0.493 e. The van der Waals surface area contributed by atoms with Crippen LogP contribution in [0.25, 0.3) is 0 Å². The first-order valence-corrected chi connectivity index (χ1v) is 32.9. The molecule has 0 radical (unpaired) electrons.